The summed E-state index contributed by atoms with van der Waals surface area (Å²) in [5.41, 5.74) is 3.91. The Labute approximate surface area is 213 Å². The minimum Gasteiger partial charge on any atom is -0.403 e. The van der Waals surface area contributed by atoms with Crippen molar-refractivity contribution in [2.24, 2.45) is 0 Å². The monoisotopic (exact) mass is 499 g/mol. The van der Waals surface area contributed by atoms with E-state index in [0.717, 1.165) is 22.6 Å². The molecule has 9 heteroatoms. The summed E-state index contributed by atoms with van der Waals surface area (Å²) in [6.45, 7) is 3.04. The van der Waals surface area contributed by atoms with Crippen molar-refractivity contribution in [1.82, 2.24) is 10.2 Å². The van der Waals surface area contributed by atoms with Gasteiger partial charge < -0.3 is 24.3 Å². The fourth-order valence-corrected chi connectivity index (χ4v) is 4.83. The number of halogens is 1. The molecule has 0 radical (unpaired) electrons. The maximum Gasteiger partial charge on any atom is 0.316 e. The molecule has 3 heterocycles. The van der Waals surface area contributed by atoms with Crippen LogP contribution >= 0.6 is 0 Å². The molecule has 188 valence electrons. The number of nitrogens with one attached hydrogen (secondary N) is 1. The number of rotatable bonds is 5. The first-order valence-electron chi connectivity index (χ1n) is 12.3. The highest BCUT2D eigenvalue weighted by Gasteiger charge is 2.30. The first kappa shape index (κ1) is 23.2. The molecule has 0 spiro atoms. The summed E-state index contributed by atoms with van der Waals surface area (Å²) in [6, 6.07) is 22.2. The number of anilines is 4. The van der Waals surface area contributed by atoms with Crippen LogP contribution in [0.25, 0.3) is 11.5 Å². The van der Waals surface area contributed by atoms with Gasteiger partial charge in [0.05, 0.1) is 25.3 Å². The smallest absolute Gasteiger partial charge is 0.316 e. The number of fused-ring (bicyclic) bond motifs is 1. The summed E-state index contributed by atoms with van der Waals surface area (Å²) in [5.74, 6) is -0.389. The van der Waals surface area contributed by atoms with Crippen LogP contribution in [-0.4, -0.2) is 54.9 Å². The Morgan fingerprint density at radius 2 is 1.70 bits per heavy atom. The molecule has 1 atom stereocenters. The maximum atomic E-state index is 15.0. The van der Waals surface area contributed by atoms with Crippen LogP contribution in [0.5, 0.6) is 0 Å². The number of ether oxygens (including phenoxy) is 1. The Morgan fingerprint density at radius 1 is 0.919 bits per heavy atom. The van der Waals surface area contributed by atoms with Crippen LogP contribution in [0.3, 0.4) is 0 Å². The summed E-state index contributed by atoms with van der Waals surface area (Å²) in [5, 5.41) is 11.2. The number of benzene rings is 3. The molecule has 0 unspecified atom stereocenters. The molecule has 4 aromatic rings. The highest BCUT2D eigenvalue weighted by molar-refractivity contribution is 5.92. The van der Waals surface area contributed by atoms with Gasteiger partial charge in [-0.05, 0) is 42.0 Å². The number of hydrogen-bond acceptors (Lipinski definition) is 8. The van der Waals surface area contributed by atoms with Crippen LogP contribution in [-0.2, 0) is 16.0 Å². The number of aromatic nitrogens is 2. The van der Waals surface area contributed by atoms with Crippen molar-refractivity contribution < 1.29 is 18.3 Å². The predicted octanol–water partition coefficient (Wildman–Crippen LogP) is 4.46. The number of para-hydroxylation sites is 2. The summed E-state index contributed by atoms with van der Waals surface area (Å²) in [7, 11) is 0. The first-order chi connectivity index (χ1) is 18.2. The van der Waals surface area contributed by atoms with Gasteiger partial charge in [-0.1, -0.05) is 41.5 Å². The Morgan fingerprint density at radius 3 is 2.51 bits per heavy atom. The molecular weight excluding hydrogens is 473 g/mol. The summed E-state index contributed by atoms with van der Waals surface area (Å²) in [6.07, 6.45) is 0.274. The Balaban J connectivity index is 1.23. The molecule has 6 rings (SSSR count). The van der Waals surface area contributed by atoms with Gasteiger partial charge in [0.1, 0.15) is 11.9 Å². The van der Waals surface area contributed by atoms with Gasteiger partial charge in [0.25, 0.3) is 5.89 Å². The zero-order valence-electron chi connectivity index (χ0n) is 20.1. The number of ketones is 1. The van der Waals surface area contributed by atoms with Crippen molar-refractivity contribution in [1.29, 1.82) is 0 Å². The fraction of sp³-hybridized carbons (Fsp3) is 0.250. The van der Waals surface area contributed by atoms with Gasteiger partial charge in [-0.25, -0.2) is 4.39 Å². The third-order valence-corrected chi connectivity index (χ3v) is 6.75. The van der Waals surface area contributed by atoms with E-state index in [4.69, 9.17) is 9.15 Å². The minimum atomic E-state index is -0.602. The minimum absolute atomic E-state index is 0.00618. The zero-order valence-corrected chi connectivity index (χ0v) is 20.1. The van der Waals surface area contributed by atoms with Gasteiger partial charge in [-0.3, -0.25) is 4.79 Å². The molecule has 1 fully saturated rings. The number of carbonyl (C=O) groups is 1. The standard InChI is InChI=1S/C28H26FN5O3/c29-23-17-21(33-12-14-36-15-13-33)10-11-22(23)27-31-32-28(37-27)30-24-18-34(20-7-2-1-3-8-20)25-9-5-4-6-19(25)16-26(24)35/h1-11,17,24H,12-16,18H2,(H,30,32)/t24-/m0/s1. The third kappa shape index (κ3) is 4.77. The Bertz CT molecular complexity index is 1400. The number of morpholine rings is 1. The quantitative estimate of drug-likeness (QED) is 0.431. The average molecular weight is 500 g/mol. The molecule has 1 N–H and O–H groups in total. The van der Waals surface area contributed by atoms with Crippen molar-refractivity contribution in [2.45, 2.75) is 12.5 Å². The SMILES string of the molecule is O=C1Cc2ccccc2N(c2ccccc2)C[C@@H]1Nc1nnc(-c2ccc(N3CCOCC3)cc2F)o1. The van der Waals surface area contributed by atoms with Crippen molar-refractivity contribution in [2.75, 3.05) is 48.0 Å². The van der Waals surface area contributed by atoms with E-state index in [-0.39, 0.29) is 29.7 Å². The lowest BCUT2D eigenvalue weighted by Gasteiger charge is -2.28. The molecule has 0 aliphatic carbocycles. The van der Waals surface area contributed by atoms with E-state index in [1.165, 1.54) is 6.07 Å². The highest BCUT2D eigenvalue weighted by Crippen LogP contribution is 2.33. The van der Waals surface area contributed by atoms with Crippen molar-refractivity contribution >= 4 is 28.9 Å². The lowest BCUT2D eigenvalue weighted by atomic mass is 10.0. The molecule has 37 heavy (non-hydrogen) atoms. The van der Waals surface area contributed by atoms with Gasteiger partial charge in [0.2, 0.25) is 0 Å². The lowest BCUT2D eigenvalue weighted by Crippen LogP contribution is -2.39. The van der Waals surface area contributed by atoms with Crippen LogP contribution in [0, 0.1) is 5.82 Å². The molecule has 8 nitrogen and oxygen atoms in total. The highest BCUT2D eigenvalue weighted by atomic mass is 19.1. The molecule has 1 aromatic heterocycles. The average Bonchev–Trinajstić information content (AvgIpc) is 3.35. The topological polar surface area (TPSA) is 83.7 Å². The van der Waals surface area contributed by atoms with Crippen LogP contribution in [0.4, 0.5) is 27.5 Å². The molecule has 0 bridgehead atoms. The second-order valence-electron chi connectivity index (χ2n) is 9.09. The Kier molecular flexibility index (Phi) is 6.28. The van der Waals surface area contributed by atoms with E-state index in [1.807, 2.05) is 60.7 Å². The normalized spacial score (nSPS) is 17.9. The van der Waals surface area contributed by atoms with Gasteiger partial charge in [0, 0.05) is 36.6 Å². The van der Waals surface area contributed by atoms with Gasteiger partial charge >= 0.3 is 6.01 Å². The van der Waals surface area contributed by atoms with Gasteiger partial charge in [0.15, 0.2) is 5.78 Å². The lowest BCUT2D eigenvalue weighted by molar-refractivity contribution is -0.118. The third-order valence-electron chi connectivity index (χ3n) is 6.75. The summed E-state index contributed by atoms with van der Waals surface area (Å²) < 4.78 is 26.1. The Hall–Kier alpha value is -4.24. The van der Waals surface area contributed by atoms with E-state index >= 15 is 0 Å². The number of Topliss-reactive ketones (excluding diaryl/α,β-unsaturated/α-hetero) is 1. The first-order valence-corrected chi connectivity index (χ1v) is 12.3. The number of carbonyl (C=O) groups excluding carboxylic acids is 1. The molecular formula is C28H26FN5O3. The number of nitrogens with zero attached hydrogens (tertiary/aromatic N) is 4. The van der Waals surface area contributed by atoms with E-state index in [9.17, 15) is 9.18 Å². The summed E-state index contributed by atoms with van der Waals surface area (Å²) >= 11 is 0. The largest absolute Gasteiger partial charge is 0.403 e. The van der Waals surface area contributed by atoms with Crippen molar-refractivity contribution in [3.05, 3.63) is 84.2 Å². The molecule has 2 aliphatic rings. The molecule has 0 amide bonds. The van der Waals surface area contributed by atoms with E-state index in [0.29, 0.717) is 32.8 Å². The second-order valence-corrected chi connectivity index (χ2v) is 9.09. The number of hydrogen-bond donors (Lipinski definition) is 1. The van der Waals surface area contributed by atoms with Crippen LogP contribution in [0.1, 0.15) is 5.56 Å². The zero-order chi connectivity index (χ0) is 25.2. The molecule has 2 aliphatic heterocycles. The molecule has 1 saturated heterocycles. The fourth-order valence-electron chi connectivity index (χ4n) is 4.83. The van der Waals surface area contributed by atoms with Crippen LogP contribution < -0.4 is 15.1 Å². The van der Waals surface area contributed by atoms with E-state index in [2.05, 4.69) is 25.3 Å². The van der Waals surface area contributed by atoms with Gasteiger partial charge in [-0.2, -0.15) is 0 Å². The van der Waals surface area contributed by atoms with Crippen LogP contribution in [0.15, 0.2) is 77.2 Å². The van der Waals surface area contributed by atoms with Gasteiger partial charge in [-0.15, -0.1) is 5.10 Å². The predicted molar refractivity (Wildman–Crippen MR) is 139 cm³/mol. The molecule has 0 saturated carbocycles. The van der Waals surface area contributed by atoms with E-state index in [1.54, 1.807) is 6.07 Å². The molecule has 3 aromatic carbocycles. The van der Waals surface area contributed by atoms with Crippen molar-refractivity contribution in [3.8, 4) is 11.5 Å². The summed E-state index contributed by atoms with van der Waals surface area (Å²) in [4.78, 5) is 17.4. The van der Waals surface area contributed by atoms with Crippen molar-refractivity contribution in [3.63, 3.8) is 0 Å². The van der Waals surface area contributed by atoms with Crippen LogP contribution in [0.2, 0.25) is 0 Å². The second kappa shape index (κ2) is 10.0. The van der Waals surface area contributed by atoms with E-state index < -0.39 is 11.9 Å². The maximum absolute atomic E-state index is 15.0.